The minimum Gasteiger partial charge on any atom is -0.496 e. The molecule has 0 heterocycles. The molecule has 1 unspecified atom stereocenters. The highest BCUT2D eigenvalue weighted by Gasteiger charge is 2.12. The molecule has 0 radical (unpaired) electrons. The molecular formula is C16H27N3O2. The number of para-hydroxylation sites is 1. The molecule has 0 bridgehead atoms. The Morgan fingerprint density at radius 2 is 2.10 bits per heavy atom. The van der Waals surface area contributed by atoms with Crippen LogP contribution in [0.2, 0.25) is 0 Å². The number of oxime groups is 1. The molecule has 5 nitrogen and oxygen atoms in total. The summed E-state index contributed by atoms with van der Waals surface area (Å²) in [4.78, 5) is 2.33. The highest BCUT2D eigenvalue weighted by atomic mass is 16.5. The molecule has 5 heteroatoms. The zero-order chi connectivity index (χ0) is 15.7. The summed E-state index contributed by atoms with van der Waals surface area (Å²) in [6, 6.07) is 8.58. The third-order valence-electron chi connectivity index (χ3n) is 3.78. The van der Waals surface area contributed by atoms with Crippen molar-refractivity contribution in [1.82, 2.24) is 4.90 Å². The highest BCUT2D eigenvalue weighted by Crippen LogP contribution is 2.20. The van der Waals surface area contributed by atoms with Crippen molar-refractivity contribution in [3.05, 3.63) is 29.8 Å². The zero-order valence-electron chi connectivity index (χ0n) is 13.2. The first kappa shape index (κ1) is 17.3. The van der Waals surface area contributed by atoms with Gasteiger partial charge in [0.2, 0.25) is 0 Å². The van der Waals surface area contributed by atoms with Crippen LogP contribution in [-0.4, -0.2) is 42.7 Å². The van der Waals surface area contributed by atoms with E-state index in [4.69, 9.17) is 15.7 Å². The van der Waals surface area contributed by atoms with E-state index in [-0.39, 0.29) is 0 Å². The summed E-state index contributed by atoms with van der Waals surface area (Å²) < 4.78 is 5.39. The lowest BCUT2D eigenvalue weighted by atomic mass is 10.0. The van der Waals surface area contributed by atoms with Crippen LogP contribution < -0.4 is 10.5 Å². The Bertz CT molecular complexity index is 449. The summed E-state index contributed by atoms with van der Waals surface area (Å²) in [5.41, 5.74) is 6.69. The van der Waals surface area contributed by atoms with Crippen LogP contribution in [0.3, 0.4) is 0 Å². The van der Waals surface area contributed by atoms with Crippen LogP contribution in [0.15, 0.2) is 29.4 Å². The third kappa shape index (κ3) is 6.04. The number of hydrogen-bond donors (Lipinski definition) is 2. The predicted octanol–water partition coefficient (Wildman–Crippen LogP) is 2.47. The lowest BCUT2D eigenvalue weighted by molar-refractivity contribution is 0.250. The number of hydrogen-bond acceptors (Lipinski definition) is 4. The fourth-order valence-corrected chi connectivity index (χ4v) is 2.28. The summed E-state index contributed by atoms with van der Waals surface area (Å²) in [5.74, 6) is 1.25. The first-order chi connectivity index (χ1) is 10.1. The van der Waals surface area contributed by atoms with Crippen molar-refractivity contribution in [3.63, 3.8) is 0 Å². The molecule has 0 aromatic heterocycles. The average molecular weight is 293 g/mol. The lowest BCUT2D eigenvalue weighted by Gasteiger charge is -2.25. The van der Waals surface area contributed by atoms with E-state index in [1.807, 2.05) is 18.2 Å². The number of likely N-dealkylation sites (N-methyl/N-ethyl adjacent to an activating group) is 1. The Kier molecular flexibility index (Phi) is 7.61. The van der Waals surface area contributed by atoms with Gasteiger partial charge in [-0.1, -0.05) is 23.4 Å². The van der Waals surface area contributed by atoms with Crippen LogP contribution in [0, 0.1) is 0 Å². The largest absolute Gasteiger partial charge is 0.496 e. The summed E-state index contributed by atoms with van der Waals surface area (Å²) in [6.45, 7) is 3.21. The number of ether oxygens (including phenoxy) is 1. The van der Waals surface area contributed by atoms with Gasteiger partial charge in [0.15, 0.2) is 0 Å². The normalized spacial score (nSPS) is 13.4. The molecule has 0 spiro atoms. The summed E-state index contributed by atoms with van der Waals surface area (Å²) in [6.07, 6.45) is 3.57. The maximum Gasteiger partial charge on any atom is 0.139 e. The van der Waals surface area contributed by atoms with Crippen LogP contribution in [-0.2, 0) is 6.42 Å². The Morgan fingerprint density at radius 1 is 1.38 bits per heavy atom. The van der Waals surface area contributed by atoms with Crippen LogP contribution in [0.25, 0.3) is 0 Å². The standard InChI is InChI=1S/C16H27N3O2/c1-13(12-14-8-4-5-9-15(14)21-3)19(2)11-7-6-10-16(17)18-20/h4-5,8-9,13,20H,6-7,10-12H2,1-3H3,(H2,17,18). The van der Waals surface area contributed by atoms with Gasteiger partial charge in [0.05, 0.1) is 7.11 Å². The molecule has 0 fully saturated rings. The number of methoxy groups -OCH3 is 1. The Labute approximate surface area is 127 Å². The van der Waals surface area contributed by atoms with E-state index in [1.54, 1.807) is 7.11 Å². The second-order valence-electron chi connectivity index (χ2n) is 5.39. The highest BCUT2D eigenvalue weighted by molar-refractivity contribution is 5.79. The Balaban J connectivity index is 2.38. The molecule has 0 amide bonds. The fraction of sp³-hybridized carbons (Fsp3) is 0.562. The molecule has 3 N–H and O–H groups in total. The SMILES string of the molecule is COc1ccccc1CC(C)N(C)CCCCC(N)=NO. The Hall–Kier alpha value is -1.75. The topological polar surface area (TPSA) is 71.1 Å². The number of nitrogens with zero attached hydrogens (tertiary/aromatic N) is 2. The molecule has 0 aliphatic rings. The summed E-state index contributed by atoms with van der Waals surface area (Å²) in [7, 11) is 3.84. The van der Waals surface area contributed by atoms with Crippen molar-refractivity contribution in [1.29, 1.82) is 0 Å². The molecule has 21 heavy (non-hydrogen) atoms. The number of amidine groups is 1. The van der Waals surface area contributed by atoms with Gasteiger partial charge in [-0.3, -0.25) is 0 Å². The van der Waals surface area contributed by atoms with Crippen molar-refractivity contribution in [2.24, 2.45) is 10.9 Å². The number of rotatable bonds is 9. The molecule has 1 rings (SSSR count). The molecule has 0 saturated heterocycles. The van der Waals surface area contributed by atoms with Crippen LogP contribution >= 0.6 is 0 Å². The molecule has 1 atom stereocenters. The smallest absolute Gasteiger partial charge is 0.139 e. The molecule has 118 valence electrons. The van der Waals surface area contributed by atoms with Crippen molar-refractivity contribution in [2.45, 2.75) is 38.6 Å². The van der Waals surface area contributed by atoms with Gasteiger partial charge < -0.3 is 20.6 Å². The van der Waals surface area contributed by atoms with Gasteiger partial charge in [0, 0.05) is 12.5 Å². The molecule has 1 aromatic rings. The van der Waals surface area contributed by atoms with E-state index >= 15 is 0 Å². The summed E-state index contributed by atoms with van der Waals surface area (Å²) >= 11 is 0. The van der Waals surface area contributed by atoms with Gasteiger partial charge in [-0.15, -0.1) is 0 Å². The van der Waals surface area contributed by atoms with Gasteiger partial charge in [0.25, 0.3) is 0 Å². The van der Waals surface area contributed by atoms with E-state index in [0.29, 0.717) is 18.3 Å². The van der Waals surface area contributed by atoms with Crippen molar-refractivity contribution < 1.29 is 9.94 Å². The molecule has 0 aliphatic carbocycles. The minimum absolute atomic E-state index is 0.305. The van der Waals surface area contributed by atoms with Crippen molar-refractivity contribution in [3.8, 4) is 5.75 Å². The Morgan fingerprint density at radius 3 is 2.76 bits per heavy atom. The van der Waals surface area contributed by atoms with Crippen LogP contribution in [0.1, 0.15) is 31.7 Å². The maximum atomic E-state index is 8.49. The first-order valence-corrected chi connectivity index (χ1v) is 7.37. The van der Waals surface area contributed by atoms with Gasteiger partial charge in [-0.2, -0.15) is 0 Å². The first-order valence-electron chi connectivity index (χ1n) is 7.37. The molecule has 0 saturated carbocycles. The monoisotopic (exact) mass is 293 g/mol. The van der Waals surface area contributed by atoms with Gasteiger partial charge in [0.1, 0.15) is 11.6 Å². The zero-order valence-corrected chi connectivity index (χ0v) is 13.2. The van der Waals surface area contributed by atoms with Crippen LogP contribution in [0.4, 0.5) is 0 Å². The summed E-state index contributed by atoms with van der Waals surface area (Å²) in [5, 5.41) is 11.5. The minimum atomic E-state index is 0.305. The number of unbranched alkanes of at least 4 members (excludes halogenated alkanes) is 1. The molecule has 1 aromatic carbocycles. The molecular weight excluding hydrogens is 266 g/mol. The van der Waals surface area contributed by atoms with E-state index in [2.05, 4.69) is 30.1 Å². The third-order valence-corrected chi connectivity index (χ3v) is 3.78. The van der Waals surface area contributed by atoms with Crippen LogP contribution in [0.5, 0.6) is 5.75 Å². The predicted molar refractivity (Wildman–Crippen MR) is 86.0 cm³/mol. The number of nitrogens with two attached hydrogens (primary N) is 1. The second kappa shape index (κ2) is 9.23. The average Bonchev–Trinajstić information content (AvgIpc) is 2.51. The van der Waals surface area contributed by atoms with Gasteiger partial charge in [-0.05, 0) is 51.4 Å². The molecule has 0 aliphatic heterocycles. The quantitative estimate of drug-likeness (QED) is 0.241. The lowest BCUT2D eigenvalue weighted by Crippen LogP contribution is -2.32. The van der Waals surface area contributed by atoms with Crippen molar-refractivity contribution in [2.75, 3.05) is 20.7 Å². The van der Waals surface area contributed by atoms with Gasteiger partial charge in [-0.25, -0.2) is 0 Å². The van der Waals surface area contributed by atoms with E-state index < -0.39 is 0 Å². The number of benzene rings is 1. The second-order valence-corrected chi connectivity index (χ2v) is 5.39. The van der Waals surface area contributed by atoms with E-state index in [0.717, 1.165) is 31.6 Å². The fourth-order valence-electron chi connectivity index (χ4n) is 2.28. The van der Waals surface area contributed by atoms with Gasteiger partial charge >= 0.3 is 0 Å². The van der Waals surface area contributed by atoms with Crippen molar-refractivity contribution >= 4 is 5.84 Å². The van der Waals surface area contributed by atoms with E-state index in [1.165, 1.54) is 5.56 Å². The maximum absolute atomic E-state index is 8.49. The van der Waals surface area contributed by atoms with E-state index in [9.17, 15) is 0 Å².